The third-order valence-electron chi connectivity index (χ3n) is 3.65. The summed E-state index contributed by atoms with van der Waals surface area (Å²) >= 11 is 0. The van der Waals surface area contributed by atoms with Crippen LogP contribution in [0.15, 0.2) is 0 Å². The molecule has 76 valence electrons. The van der Waals surface area contributed by atoms with Crippen LogP contribution in [0.5, 0.6) is 0 Å². The Morgan fingerprint density at radius 2 is 2.00 bits per heavy atom. The normalized spacial score (nSPS) is 43.4. The average Bonchev–Trinajstić information content (AvgIpc) is 2.38. The van der Waals surface area contributed by atoms with E-state index in [1.807, 2.05) is 6.92 Å². The second-order valence-corrected chi connectivity index (χ2v) is 4.74. The van der Waals surface area contributed by atoms with Gasteiger partial charge in [0, 0.05) is 30.5 Å². The zero-order valence-electron chi connectivity index (χ0n) is 8.43. The van der Waals surface area contributed by atoms with Gasteiger partial charge in [0.15, 0.2) is 0 Å². The van der Waals surface area contributed by atoms with Crippen molar-refractivity contribution in [1.82, 2.24) is 4.90 Å². The molecule has 0 aromatic heterocycles. The lowest BCUT2D eigenvalue weighted by Crippen LogP contribution is -2.49. The summed E-state index contributed by atoms with van der Waals surface area (Å²) < 4.78 is 26.6. The number of halogens is 2. The van der Waals surface area contributed by atoms with E-state index >= 15 is 0 Å². The molecule has 0 aromatic rings. The quantitative estimate of drug-likeness (QED) is 0.612. The Labute approximate surface area is 78.1 Å². The zero-order chi connectivity index (χ0) is 9.80. The molecule has 0 radical (unpaired) electrons. The lowest BCUT2D eigenvalue weighted by molar-refractivity contribution is -0.0926. The molecule has 2 fully saturated rings. The number of nitrogens with zero attached hydrogens (tertiary/aromatic N) is 1. The van der Waals surface area contributed by atoms with Crippen molar-refractivity contribution in [2.24, 2.45) is 5.92 Å². The maximum absolute atomic E-state index is 13.3. The Kier molecular flexibility index (Phi) is 1.92. The van der Waals surface area contributed by atoms with Gasteiger partial charge in [-0.3, -0.25) is 4.90 Å². The van der Waals surface area contributed by atoms with E-state index in [-0.39, 0.29) is 24.4 Å². The number of fused-ring (bicyclic) bond motifs is 2. The maximum atomic E-state index is 13.3. The standard InChI is InChI=1S/C10H17F2N/c1-6(2)13-7(3)9-4-8(13)5-10(9,11)12/h6-9H,4-5H2,1-3H3. The third kappa shape index (κ3) is 1.20. The average molecular weight is 189 g/mol. The molecule has 1 aliphatic heterocycles. The van der Waals surface area contributed by atoms with Crippen molar-refractivity contribution in [2.45, 2.75) is 57.7 Å². The summed E-state index contributed by atoms with van der Waals surface area (Å²) in [6.45, 7) is 6.13. The molecule has 0 N–H and O–H groups in total. The highest BCUT2D eigenvalue weighted by atomic mass is 19.3. The molecule has 13 heavy (non-hydrogen) atoms. The van der Waals surface area contributed by atoms with Crippen molar-refractivity contribution in [1.29, 1.82) is 0 Å². The van der Waals surface area contributed by atoms with E-state index in [0.717, 1.165) is 0 Å². The summed E-state index contributed by atoms with van der Waals surface area (Å²) in [6, 6.07) is 0.602. The van der Waals surface area contributed by atoms with Crippen LogP contribution < -0.4 is 0 Å². The van der Waals surface area contributed by atoms with Gasteiger partial charge in [-0.2, -0.15) is 0 Å². The molecule has 2 aliphatic rings. The summed E-state index contributed by atoms with van der Waals surface area (Å²) in [4.78, 5) is 2.25. The Morgan fingerprint density at radius 3 is 2.38 bits per heavy atom. The maximum Gasteiger partial charge on any atom is 0.253 e. The molecule has 1 nitrogen and oxygen atoms in total. The molecule has 1 saturated heterocycles. The van der Waals surface area contributed by atoms with Gasteiger partial charge in [0.1, 0.15) is 0 Å². The SMILES string of the molecule is CC(C)N1C2CC(C1C)C(F)(F)C2. The van der Waals surface area contributed by atoms with Gasteiger partial charge in [-0.15, -0.1) is 0 Å². The van der Waals surface area contributed by atoms with Crippen LogP contribution in [0.1, 0.15) is 33.6 Å². The molecule has 1 heterocycles. The molecule has 3 unspecified atom stereocenters. The van der Waals surface area contributed by atoms with E-state index < -0.39 is 5.92 Å². The lowest BCUT2D eigenvalue weighted by atomic mass is 9.95. The fourth-order valence-corrected chi connectivity index (χ4v) is 3.22. The number of alkyl halides is 2. The molecular formula is C10H17F2N. The molecule has 1 saturated carbocycles. The summed E-state index contributed by atoms with van der Waals surface area (Å²) in [6.07, 6.45) is 0.784. The predicted molar refractivity (Wildman–Crippen MR) is 47.9 cm³/mol. The van der Waals surface area contributed by atoms with Crippen molar-refractivity contribution >= 4 is 0 Å². The first-order valence-corrected chi connectivity index (χ1v) is 5.08. The summed E-state index contributed by atoms with van der Waals surface area (Å²) in [7, 11) is 0. The highest BCUT2D eigenvalue weighted by molar-refractivity contribution is 5.06. The molecule has 0 aromatic carbocycles. The molecule has 0 spiro atoms. The number of hydrogen-bond donors (Lipinski definition) is 0. The van der Waals surface area contributed by atoms with E-state index in [1.54, 1.807) is 0 Å². The zero-order valence-corrected chi connectivity index (χ0v) is 8.43. The van der Waals surface area contributed by atoms with Crippen LogP contribution in [0.2, 0.25) is 0 Å². The highest BCUT2D eigenvalue weighted by Crippen LogP contribution is 2.52. The van der Waals surface area contributed by atoms with Crippen LogP contribution in [0, 0.1) is 5.92 Å². The van der Waals surface area contributed by atoms with Gasteiger partial charge in [-0.1, -0.05) is 0 Å². The molecule has 0 amide bonds. The monoisotopic (exact) mass is 189 g/mol. The summed E-state index contributed by atoms with van der Waals surface area (Å²) in [5.74, 6) is -2.78. The van der Waals surface area contributed by atoms with Crippen LogP contribution in [0.4, 0.5) is 8.78 Å². The molecule has 2 rings (SSSR count). The van der Waals surface area contributed by atoms with Gasteiger partial charge in [-0.05, 0) is 27.2 Å². The van der Waals surface area contributed by atoms with Gasteiger partial charge in [0.2, 0.25) is 0 Å². The first kappa shape index (κ1) is 9.38. The fraction of sp³-hybridized carbons (Fsp3) is 1.00. The van der Waals surface area contributed by atoms with Gasteiger partial charge in [0.25, 0.3) is 5.92 Å². The Hall–Kier alpha value is -0.180. The molecule has 3 atom stereocenters. The van der Waals surface area contributed by atoms with Gasteiger partial charge in [-0.25, -0.2) is 8.78 Å². The Balaban J connectivity index is 2.18. The van der Waals surface area contributed by atoms with Crippen LogP contribution in [-0.4, -0.2) is 28.9 Å². The van der Waals surface area contributed by atoms with Crippen LogP contribution >= 0.6 is 0 Å². The second kappa shape index (κ2) is 2.66. The topological polar surface area (TPSA) is 3.24 Å². The summed E-state index contributed by atoms with van der Waals surface area (Å²) in [5, 5.41) is 0. The fourth-order valence-electron chi connectivity index (χ4n) is 3.22. The Bertz CT molecular complexity index is 211. The smallest absolute Gasteiger partial charge is 0.253 e. The van der Waals surface area contributed by atoms with Crippen LogP contribution in [-0.2, 0) is 0 Å². The van der Waals surface area contributed by atoms with E-state index in [1.165, 1.54) is 0 Å². The van der Waals surface area contributed by atoms with E-state index in [0.29, 0.717) is 12.5 Å². The molecule has 2 bridgehead atoms. The molecule has 1 aliphatic carbocycles. The van der Waals surface area contributed by atoms with E-state index in [4.69, 9.17) is 0 Å². The first-order chi connectivity index (χ1) is 5.93. The Morgan fingerprint density at radius 1 is 1.38 bits per heavy atom. The van der Waals surface area contributed by atoms with Gasteiger partial charge in [0.05, 0.1) is 0 Å². The van der Waals surface area contributed by atoms with Crippen molar-refractivity contribution in [3.8, 4) is 0 Å². The van der Waals surface area contributed by atoms with E-state index in [9.17, 15) is 8.78 Å². The highest BCUT2D eigenvalue weighted by Gasteiger charge is 2.59. The number of rotatable bonds is 1. The largest absolute Gasteiger partial charge is 0.295 e. The minimum Gasteiger partial charge on any atom is -0.295 e. The van der Waals surface area contributed by atoms with Gasteiger partial charge < -0.3 is 0 Å². The number of likely N-dealkylation sites (tertiary alicyclic amines) is 1. The van der Waals surface area contributed by atoms with Crippen molar-refractivity contribution in [2.75, 3.05) is 0 Å². The minimum atomic E-state index is -2.39. The number of hydrogen-bond acceptors (Lipinski definition) is 1. The van der Waals surface area contributed by atoms with Gasteiger partial charge >= 0.3 is 0 Å². The second-order valence-electron chi connectivity index (χ2n) is 4.74. The summed E-state index contributed by atoms with van der Waals surface area (Å²) in [5.41, 5.74) is 0. The first-order valence-electron chi connectivity index (χ1n) is 5.08. The van der Waals surface area contributed by atoms with Crippen molar-refractivity contribution in [3.05, 3.63) is 0 Å². The van der Waals surface area contributed by atoms with Crippen molar-refractivity contribution in [3.63, 3.8) is 0 Å². The van der Waals surface area contributed by atoms with E-state index in [2.05, 4.69) is 18.7 Å². The molecule has 3 heteroatoms. The molecular weight excluding hydrogens is 172 g/mol. The lowest BCUT2D eigenvalue weighted by Gasteiger charge is -2.39. The minimum absolute atomic E-state index is 0.0637. The van der Waals surface area contributed by atoms with Crippen molar-refractivity contribution < 1.29 is 8.78 Å². The number of piperidine rings is 1. The third-order valence-corrected chi connectivity index (χ3v) is 3.65. The predicted octanol–water partition coefficient (Wildman–Crippen LogP) is 2.51. The van der Waals surface area contributed by atoms with Crippen LogP contribution in [0.25, 0.3) is 0 Å². The van der Waals surface area contributed by atoms with Crippen LogP contribution in [0.3, 0.4) is 0 Å².